The van der Waals surface area contributed by atoms with Crippen LogP contribution in [0.15, 0.2) is 24.4 Å². The van der Waals surface area contributed by atoms with Crippen LogP contribution in [-0.2, 0) is 19.5 Å². The van der Waals surface area contributed by atoms with Gasteiger partial charge in [-0.1, -0.05) is 0 Å². The Bertz CT molecular complexity index is 751. The number of ether oxygens (including phenoxy) is 1. The van der Waals surface area contributed by atoms with Crippen molar-refractivity contribution in [1.29, 1.82) is 0 Å². The van der Waals surface area contributed by atoms with Gasteiger partial charge in [0.1, 0.15) is 11.6 Å². The number of carbonyl (C=O) groups excluding carboxylic acids is 1. The van der Waals surface area contributed by atoms with E-state index in [1.54, 1.807) is 25.4 Å². The summed E-state index contributed by atoms with van der Waals surface area (Å²) < 4.78 is 19.1. The molecule has 0 bridgehead atoms. The maximum absolute atomic E-state index is 14.0. The van der Waals surface area contributed by atoms with Gasteiger partial charge in [0.2, 0.25) is 5.82 Å². The Kier molecular flexibility index (Phi) is 4.20. The molecule has 0 saturated heterocycles. The van der Waals surface area contributed by atoms with E-state index in [9.17, 15) is 9.18 Å². The van der Waals surface area contributed by atoms with Crippen LogP contribution in [0.2, 0.25) is 0 Å². The minimum atomic E-state index is -0.649. The Hall–Kier alpha value is -2.54. The molecule has 120 valence electrons. The van der Waals surface area contributed by atoms with Crippen LogP contribution in [0, 0.1) is 5.82 Å². The van der Waals surface area contributed by atoms with Crippen LogP contribution < -0.4 is 10.5 Å². The standard InChI is InChI=1S/C16H17FN4O2/c1-23-12-2-3-13(17)11(6-12)8-21-5-4-10-7-19-16(15(18)22)20-14(10)9-21/h2-3,6-7H,4-5,8-9H2,1H3,(H2,18,22). The van der Waals surface area contributed by atoms with Gasteiger partial charge in [-0.3, -0.25) is 9.69 Å². The maximum atomic E-state index is 14.0. The fourth-order valence-electron chi connectivity index (χ4n) is 2.65. The summed E-state index contributed by atoms with van der Waals surface area (Å²) in [6.45, 7) is 1.73. The number of fused-ring (bicyclic) bond motifs is 1. The molecule has 2 aromatic rings. The van der Waals surface area contributed by atoms with Crippen molar-refractivity contribution in [3.8, 4) is 5.75 Å². The predicted molar refractivity (Wildman–Crippen MR) is 81.3 cm³/mol. The van der Waals surface area contributed by atoms with Crippen molar-refractivity contribution in [2.75, 3.05) is 13.7 Å². The van der Waals surface area contributed by atoms with Gasteiger partial charge >= 0.3 is 0 Å². The third-order valence-corrected chi connectivity index (χ3v) is 3.89. The van der Waals surface area contributed by atoms with Crippen LogP contribution in [0.25, 0.3) is 0 Å². The quantitative estimate of drug-likeness (QED) is 0.919. The van der Waals surface area contributed by atoms with E-state index in [1.165, 1.54) is 6.07 Å². The van der Waals surface area contributed by atoms with E-state index in [0.717, 1.165) is 24.2 Å². The lowest BCUT2D eigenvalue weighted by atomic mass is 10.1. The largest absolute Gasteiger partial charge is 0.497 e. The number of primary amides is 1. The summed E-state index contributed by atoms with van der Waals surface area (Å²) in [6, 6.07) is 4.69. The topological polar surface area (TPSA) is 81.3 Å². The first-order chi connectivity index (χ1) is 11.1. The van der Waals surface area contributed by atoms with Crippen molar-refractivity contribution >= 4 is 5.91 Å². The van der Waals surface area contributed by atoms with Crippen molar-refractivity contribution in [2.45, 2.75) is 19.5 Å². The second-order valence-corrected chi connectivity index (χ2v) is 5.45. The molecular formula is C16H17FN4O2. The molecule has 6 nitrogen and oxygen atoms in total. The average molecular weight is 316 g/mol. The summed E-state index contributed by atoms with van der Waals surface area (Å²) in [7, 11) is 1.55. The molecule has 3 rings (SSSR count). The molecule has 1 aliphatic heterocycles. The number of rotatable bonds is 4. The van der Waals surface area contributed by atoms with Crippen molar-refractivity contribution in [1.82, 2.24) is 14.9 Å². The molecule has 2 N–H and O–H groups in total. The molecule has 0 unspecified atom stereocenters. The van der Waals surface area contributed by atoms with Gasteiger partial charge in [-0.2, -0.15) is 0 Å². The van der Waals surface area contributed by atoms with Crippen LogP contribution in [0.5, 0.6) is 5.75 Å². The number of hydrogen-bond acceptors (Lipinski definition) is 5. The summed E-state index contributed by atoms with van der Waals surface area (Å²) in [5.74, 6) is -0.281. The van der Waals surface area contributed by atoms with Crippen molar-refractivity contribution in [3.05, 3.63) is 52.9 Å². The Labute approximate surface area is 133 Å². The highest BCUT2D eigenvalue weighted by Gasteiger charge is 2.20. The van der Waals surface area contributed by atoms with Crippen LogP contribution in [0.1, 0.15) is 27.4 Å². The Morgan fingerprint density at radius 1 is 1.48 bits per heavy atom. The summed E-state index contributed by atoms with van der Waals surface area (Å²) in [5, 5.41) is 0. The molecule has 1 amide bonds. The summed E-state index contributed by atoms with van der Waals surface area (Å²) >= 11 is 0. The molecule has 0 atom stereocenters. The molecule has 0 spiro atoms. The van der Waals surface area contributed by atoms with Gasteiger partial charge in [0.05, 0.1) is 12.8 Å². The first-order valence-electron chi connectivity index (χ1n) is 7.26. The number of benzene rings is 1. The molecule has 2 heterocycles. The van der Waals surface area contributed by atoms with Gasteiger partial charge in [0, 0.05) is 31.4 Å². The minimum absolute atomic E-state index is 0.0122. The number of methoxy groups -OCH3 is 1. The molecule has 0 aliphatic carbocycles. The van der Waals surface area contributed by atoms with E-state index in [2.05, 4.69) is 14.9 Å². The monoisotopic (exact) mass is 316 g/mol. The number of amides is 1. The number of nitrogens with zero attached hydrogens (tertiary/aromatic N) is 3. The van der Waals surface area contributed by atoms with Crippen molar-refractivity contribution < 1.29 is 13.9 Å². The first kappa shape index (κ1) is 15.4. The van der Waals surface area contributed by atoms with Gasteiger partial charge < -0.3 is 10.5 Å². The van der Waals surface area contributed by atoms with Gasteiger partial charge in [0.15, 0.2) is 0 Å². The fraction of sp³-hybridized carbons (Fsp3) is 0.312. The SMILES string of the molecule is COc1ccc(F)c(CN2CCc3cnc(C(N)=O)nc3C2)c1. The predicted octanol–water partition coefficient (Wildman–Crippen LogP) is 1.28. The van der Waals surface area contributed by atoms with Crippen LogP contribution in [0.3, 0.4) is 0 Å². The van der Waals surface area contributed by atoms with Gasteiger partial charge in [-0.25, -0.2) is 14.4 Å². The van der Waals surface area contributed by atoms with Crippen molar-refractivity contribution in [3.63, 3.8) is 0 Å². The number of hydrogen-bond donors (Lipinski definition) is 1. The summed E-state index contributed by atoms with van der Waals surface area (Å²) in [6.07, 6.45) is 2.39. The summed E-state index contributed by atoms with van der Waals surface area (Å²) in [5.41, 5.74) is 7.55. The number of aromatic nitrogens is 2. The Balaban J connectivity index is 1.79. The molecule has 23 heavy (non-hydrogen) atoms. The molecule has 0 radical (unpaired) electrons. The third-order valence-electron chi connectivity index (χ3n) is 3.89. The highest BCUT2D eigenvalue weighted by atomic mass is 19.1. The lowest BCUT2D eigenvalue weighted by Crippen LogP contribution is -2.32. The van der Waals surface area contributed by atoms with Crippen molar-refractivity contribution in [2.24, 2.45) is 5.73 Å². The van der Waals surface area contributed by atoms with E-state index in [1.807, 2.05) is 0 Å². The Morgan fingerprint density at radius 2 is 2.30 bits per heavy atom. The van der Waals surface area contributed by atoms with Crippen LogP contribution in [-0.4, -0.2) is 34.4 Å². The van der Waals surface area contributed by atoms with E-state index < -0.39 is 5.91 Å². The van der Waals surface area contributed by atoms with E-state index in [0.29, 0.717) is 24.4 Å². The van der Waals surface area contributed by atoms with Gasteiger partial charge in [-0.05, 0) is 30.2 Å². The van der Waals surface area contributed by atoms with E-state index >= 15 is 0 Å². The zero-order valence-corrected chi connectivity index (χ0v) is 12.8. The lowest BCUT2D eigenvalue weighted by Gasteiger charge is -2.28. The first-order valence-corrected chi connectivity index (χ1v) is 7.26. The number of halogens is 1. The molecule has 0 saturated carbocycles. The zero-order valence-electron chi connectivity index (χ0n) is 12.8. The molecule has 1 aromatic carbocycles. The van der Waals surface area contributed by atoms with Gasteiger partial charge in [-0.15, -0.1) is 0 Å². The second kappa shape index (κ2) is 6.29. The molecule has 7 heteroatoms. The van der Waals surface area contributed by atoms with Crippen LogP contribution in [0.4, 0.5) is 4.39 Å². The van der Waals surface area contributed by atoms with E-state index in [4.69, 9.17) is 10.5 Å². The zero-order chi connectivity index (χ0) is 16.4. The lowest BCUT2D eigenvalue weighted by molar-refractivity contribution is 0.0989. The number of carbonyl (C=O) groups is 1. The molecule has 1 aromatic heterocycles. The molecular weight excluding hydrogens is 299 g/mol. The molecule has 1 aliphatic rings. The maximum Gasteiger partial charge on any atom is 0.286 e. The van der Waals surface area contributed by atoms with Crippen LogP contribution >= 0.6 is 0 Å². The van der Waals surface area contributed by atoms with E-state index in [-0.39, 0.29) is 11.6 Å². The third kappa shape index (κ3) is 3.29. The average Bonchev–Trinajstić information content (AvgIpc) is 2.56. The normalized spacial score (nSPS) is 14.3. The molecule has 0 fully saturated rings. The van der Waals surface area contributed by atoms with Gasteiger partial charge in [0.25, 0.3) is 5.91 Å². The smallest absolute Gasteiger partial charge is 0.286 e. The number of nitrogens with two attached hydrogens (primary N) is 1. The highest BCUT2D eigenvalue weighted by Crippen LogP contribution is 2.22. The highest BCUT2D eigenvalue weighted by molar-refractivity contribution is 5.88. The Morgan fingerprint density at radius 3 is 3.04 bits per heavy atom. The summed E-state index contributed by atoms with van der Waals surface area (Å²) in [4.78, 5) is 21.4. The minimum Gasteiger partial charge on any atom is -0.497 e. The fourth-order valence-corrected chi connectivity index (χ4v) is 2.65. The second-order valence-electron chi connectivity index (χ2n) is 5.45.